The molecule has 1 unspecified atom stereocenters. The Morgan fingerprint density at radius 1 is 1.21 bits per heavy atom. The van der Waals surface area contributed by atoms with Crippen LogP contribution in [0.25, 0.3) is 0 Å². The van der Waals surface area contributed by atoms with E-state index in [0.29, 0.717) is 5.56 Å². The number of hydrogen-bond donors (Lipinski definition) is 1. The Morgan fingerprint density at radius 2 is 1.95 bits per heavy atom. The first kappa shape index (κ1) is 16.7. The van der Waals surface area contributed by atoms with E-state index >= 15 is 0 Å². The van der Waals surface area contributed by atoms with E-state index < -0.39 is 0 Å². The first-order valence-electron chi connectivity index (χ1n) is 6.84. The number of rotatable bonds is 7. The number of carbonyl (C=O) groups excluding carboxylic acids is 1. The predicted molar refractivity (Wildman–Crippen MR) is 87.5 cm³/mol. The fraction of sp³-hybridized carbons (Fsp3) is 0.533. The highest BCUT2D eigenvalue weighted by atomic mass is 79.9. The molecule has 0 fully saturated rings. The van der Waals surface area contributed by atoms with Gasteiger partial charge in [0.15, 0.2) is 0 Å². The van der Waals surface area contributed by atoms with Crippen LogP contribution < -0.4 is 5.32 Å². The zero-order valence-electron chi connectivity index (χ0n) is 11.5. The van der Waals surface area contributed by atoms with Crippen LogP contribution in [0.3, 0.4) is 0 Å². The molecule has 0 aliphatic rings. The minimum atomic E-state index is 0.00253. The summed E-state index contributed by atoms with van der Waals surface area (Å²) in [6.07, 6.45) is 5.51. The van der Waals surface area contributed by atoms with Crippen molar-refractivity contribution in [3.05, 3.63) is 32.7 Å². The van der Waals surface area contributed by atoms with Crippen LogP contribution in [-0.2, 0) is 0 Å². The molecule has 0 aliphatic heterocycles. The average molecular weight is 391 g/mol. The van der Waals surface area contributed by atoms with Crippen LogP contribution in [0, 0.1) is 0 Å². The molecule has 1 amide bonds. The molecule has 0 aromatic heterocycles. The standard InChI is InChI=1S/C15H21Br2NO/c1-3-5-7-12(6-4-2)18-15(19)13-10-11(16)8-9-14(13)17/h8-10,12H,3-7H2,1-2H3,(H,18,19). The van der Waals surface area contributed by atoms with Crippen molar-refractivity contribution in [1.82, 2.24) is 5.32 Å². The van der Waals surface area contributed by atoms with Gasteiger partial charge in [-0.1, -0.05) is 49.0 Å². The summed E-state index contributed by atoms with van der Waals surface area (Å²) in [7, 11) is 0. The Hall–Kier alpha value is -0.350. The first-order chi connectivity index (χ1) is 9.08. The van der Waals surface area contributed by atoms with Crippen LogP contribution in [0.5, 0.6) is 0 Å². The van der Waals surface area contributed by atoms with E-state index in [1.54, 1.807) is 0 Å². The van der Waals surface area contributed by atoms with Crippen LogP contribution in [0.15, 0.2) is 27.1 Å². The van der Waals surface area contributed by atoms with E-state index in [2.05, 4.69) is 51.0 Å². The third kappa shape index (κ3) is 5.65. The van der Waals surface area contributed by atoms with Gasteiger partial charge in [0.25, 0.3) is 5.91 Å². The molecule has 0 radical (unpaired) electrons. The molecule has 4 heteroatoms. The predicted octanol–water partition coefficient (Wildman–Crippen LogP) is 5.30. The molecule has 0 saturated heterocycles. The van der Waals surface area contributed by atoms with Gasteiger partial charge >= 0.3 is 0 Å². The number of amides is 1. The van der Waals surface area contributed by atoms with Crippen molar-refractivity contribution in [1.29, 1.82) is 0 Å². The van der Waals surface area contributed by atoms with Crippen LogP contribution in [-0.4, -0.2) is 11.9 Å². The highest BCUT2D eigenvalue weighted by Crippen LogP contribution is 2.22. The van der Waals surface area contributed by atoms with Gasteiger partial charge in [-0.25, -0.2) is 0 Å². The van der Waals surface area contributed by atoms with Crippen molar-refractivity contribution in [2.75, 3.05) is 0 Å². The second-order valence-electron chi connectivity index (χ2n) is 4.73. The lowest BCUT2D eigenvalue weighted by Crippen LogP contribution is -2.35. The molecule has 1 aromatic carbocycles. The summed E-state index contributed by atoms with van der Waals surface area (Å²) in [5.41, 5.74) is 0.687. The van der Waals surface area contributed by atoms with Crippen molar-refractivity contribution in [3.63, 3.8) is 0 Å². The van der Waals surface area contributed by atoms with Gasteiger partial charge in [0, 0.05) is 15.0 Å². The molecular formula is C15H21Br2NO. The third-order valence-electron chi connectivity index (χ3n) is 3.05. The summed E-state index contributed by atoms with van der Waals surface area (Å²) in [5.74, 6) is 0.00253. The summed E-state index contributed by atoms with van der Waals surface area (Å²) in [5, 5.41) is 3.15. The molecule has 1 rings (SSSR count). The van der Waals surface area contributed by atoms with Gasteiger partial charge in [-0.05, 0) is 47.0 Å². The molecule has 106 valence electrons. The van der Waals surface area contributed by atoms with E-state index in [4.69, 9.17) is 0 Å². The van der Waals surface area contributed by atoms with E-state index in [9.17, 15) is 4.79 Å². The molecule has 1 atom stereocenters. The van der Waals surface area contributed by atoms with Gasteiger partial charge in [0.1, 0.15) is 0 Å². The van der Waals surface area contributed by atoms with Crippen molar-refractivity contribution < 1.29 is 4.79 Å². The monoisotopic (exact) mass is 389 g/mol. The fourth-order valence-electron chi connectivity index (χ4n) is 2.02. The van der Waals surface area contributed by atoms with Gasteiger partial charge in [-0.2, -0.15) is 0 Å². The second kappa shape index (κ2) is 8.75. The van der Waals surface area contributed by atoms with E-state index in [-0.39, 0.29) is 11.9 Å². The summed E-state index contributed by atoms with van der Waals surface area (Å²) < 4.78 is 1.75. The third-order valence-corrected chi connectivity index (χ3v) is 4.24. The SMILES string of the molecule is CCCCC(CCC)NC(=O)c1cc(Br)ccc1Br. The van der Waals surface area contributed by atoms with Gasteiger partial charge in [-0.3, -0.25) is 4.79 Å². The Morgan fingerprint density at radius 3 is 2.58 bits per heavy atom. The highest BCUT2D eigenvalue weighted by Gasteiger charge is 2.15. The lowest BCUT2D eigenvalue weighted by Gasteiger charge is -2.18. The molecule has 0 bridgehead atoms. The van der Waals surface area contributed by atoms with Crippen LogP contribution in [0.4, 0.5) is 0 Å². The quantitative estimate of drug-likeness (QED) is 0.672. The maximum absolute atomic E-state index is 12.3. The van der Waals surface area contributed by atoms with Gasteiger partial charge < -0.3 is 5.32 Å². The van der Waals surface area contributed by atoms with Gasteiger partial charge in [0.2, 0.25) is 0 Å². The van der Waals surface area contributed by atoms with E-state index in [1.165, 1.54) is 0 Å². The zero-order valence-corrected chi connectivity index (χ0v) is 14.7. The first-order valence-corrected chi connectivity index (χ1v) is 8.43. The Labute approximate surface area is 132 Å². The smallest absolute Gasteiger partial charge is 0.252 e. The largest absolute Gasteiger partial charge is 0.349 e. The van der Waals surface area contributed by atoms with Gasteiger partial charge in [-0.15, -0.1) is 0 Å². The van der Waals surface area contributed by atoms with E-state index in [1.807, 2.05) is 18.2 Å². The van der Waals surface area contributed by atoms with Crippen molar-refractivity contribution in [2.45, 2.75) is 52.0 Å². The molecule has 2 nitrogen and oxygen atoms in total. The summed E-state index contributed by atoms with van der Waals surface area (Å²) in [6.45, 7) is 4.33. The second-order valence-corrected chi connectivity index (χ2v) is 6.50. The Balaban J connectivity index is 2.72. The molecule has 0 aliphatic carbocycles. The molecule has 1 N–H and O–H groups in total. The molecule has 19 heavy (non-hydrogen) atoms. The molecule has 0 spiro atoms. The van der Waals surface area contributed by atoms with Crippen molar-refractivity contribution in [3.8, 4) is 0 Å². The molecule has 0 saturated carbocycles. The lowest BCUT2D eigenvalue weighted by atomic mass is 10.0. The zero-order chi connectivity index (χ0) is 14.3. The maximum atomic E-state index is 12.3. The fourth-order valence-corrected chi connectivity index (χ4v) is 2.81. The Kier molecular flexibility index (Phi) is 7.69. The normalized spacial score (nSPS) is 12.2. The number of benzene rings is 1. The topological polar surface area (TPSA) is 29.1 Å². The average Bonchev–Trinajstić information content (AvgIpc) is 2.39. The highest BCUT2D eigenvalue weighted by molar-refractivity contribution is 9.11. The summed E-state index contributed by atoms with van der Waals surface area (Å²) >= 11 is 6.83. The minimum Gasteiger partial charge on any atom is -0.349 e. The number of nitrogens with one attached hydrogen (secondary N) is 1. The number of halogens is 2. The number of hydrogen-bond acceptors (Lipinski definition) is 1. The summed E-state index contributed by atoms with van der Waals surface area (Å²) in [6, 6.07) is 5.94. The molecular weight excluding hydrogens is 370 g/mol. The number of carbonyl (C=O) groups is 1. The number of unbranched alkanes of at least 4 members (excludes halogenated alkanes) is 1. The van der Waals surface area contributed by atoms with E-state index in [0.717, 1.165) is 41.0 Å². The Bertz CT molecular complexity index is 421. The summed E-state index contributed by atoms with van der Waals surface area (Å²) in [4.78, 5) is 12.3. The maximum Gasteiger partial charge on any atom is 0.252 e. The lowest BCUT2D eigenvalue weighted by molar-refractivity contribution is 0.0931. The van der Waals surface area contributed by atoms with Crippen LogP contribution in [0.1, 0.15) is 56.3 Å². The minimum absolute atomic E-state index is 0.00253. The van der Waals surface area contributed by atoms with Crippen LogP contribution in [0.2, 0.25) is 0 Å². The molecule has 1 aromatic rings. The van der Waals surface area contributed by atoms with Crippen molar-refractivity contribution >= 4 is 37.8 Å². The van der Waals surface area contributed by atoms with Crippen molar-refractivity contribution in [2.24, 2.45) is 0 Å². The van der Waals surface area contributed by atoms with Crippen LogP contribution >= 0.6 is 31.9 Å². The van der Waals surface area contributed by atoms with Gasteiger partial charge in [0.05, 0.1) is 5.56 Å². The molecule has 0 heterocycles.